The van der Waals surface area contributed by atoms with Crippen molar-refractivity contribution < 1.29 is 14.3 Å². The van der Waals surface area contributed by atoms with Gasteiger partial charge in [0.05, 0.1) is 14.2 Å². The lowest BCUT2D eigenvalue weighted by atomic mass is 10.1. The molecule has 0 saturated carbocycles. The summed E-state index contributed by atoms with van der Waals surface area (Å²) in [5.41, 5.74) is 5.26. The second-order valence-electron chi connectivity index (χ2n) is 4.36. The number of methoxy groups -OCH3 is 2. The molecule has 2 rings (SSSR count). The number of hydrogen-bond acceptors (Lipinski definition) is 5. The summed E-state index contributed by atoms with van der Waals surface area (Å²) in [6, 6.07) is 5.02. The normalized spacial score (nSPS) is 11.9. The Balaban J connectivity index is 2.53. The van der Waals surface area contributed by atoms with Gasteiger partial charge in [-0.3, -0.25) is 4.79 Å². The monoisotopic (exact) mass is 275 g/mol. The maximum Gasteiger partial charge on any atom is 0.239 e. The summed E-state index contributed by atoms with van der Waals surface area (Å²) in [6.07, 6.45) is 1.66. The Bertz CT molecular complexity index is 643. The number of primary amides is 1. The highest BCUT2D eigenvalue weighted by atomic mass is 16.5. The van der Waals surface area contributed by atoms with Gasteiger partial charge in [-0.25, -0.2) is 4.98 Å². The van der Waals surface area contributed by atoms with Gasteiger partial charge in [0.1, 0.15) is 11.9 Å². The van der Waals surface area contributed by atoms with Crippen molar-refractivity contribution in [1.82, 2.24) is 4.98 Å². The van der Waals surface area contributed by atoms with Crippen molar-refractivity contribution in [2.75, 3.05) is 19.5 Å². The Labute approximate surface area is 116 Å². The summed E-state index contributed by atoms with van der Waals surface area (Å²) in [6.45, 7) is 1.68. The highest BCUT2D eigenvalue weighted by Crippen LogP contribution is 2.34. The largest absolute Gasteiger partial charge is 0.493 e. The van der Waals surface area contributed by atoms with E-state index in [1.807, 2.05) is 18.2 Å². The molecule has 0 spiro atoms. The fraction of sp³-hybridized carbons (Fsp3) is 0.286. The lowest BCUT2D eigenvalue weighted by molar-refractivity contribution is -0.118. The molecule has 0 aliphatic heterocycles. The first-order valence-corrected chi connectivity index (χ1v) is 6.13. The molecular formula is C14H17N3O3. The number of fused-ring (bicyclic) bond motifs is 1. The third kappa shape index (κ3) is 2.59. The fourth-order valence-electron chi connectivity index (χ4n) is 1.89. The van der Waals surface area contributed by atoms with E-state index in [2.05, 4.69) is 10.3 Å². The number of ether oxygens (including phenoxy) is 2. The number of nitrogens with zero attached hydrogens (tertiary/aromatic N) is 1. The van der Waals surface area contributed by atoms with Gasteiger partial charge in [-0.1, -0.05) is 0 Å². The van der Waals surface area contributed by atoms with Gasteiger partial charge >= 0.3 is 0 Å². The first kappa shape index (κ1) is 13.9. The first-order valence-electron chi connectivity index (χ1n) is 6.13. The molecule has 1 unspecified atom stereocenters. The molecule has 1 aromatic carbocycles. The van der Waals surface area contributed by atoms with Crippen LogP contribution in [0.1, 0.15) is 6.92 Å². The lowest BCUT2D eigenvalue weighted by Crippen LogP contribution is -2.32. The van der Waals surface area contributed by atoms with Crippen molar-refractivity contribution in [2.45, 2.75) is 13.0 Å². The topological polar surface area (TPSA) is 86.5 Å². The van der Waals surface area contributed by atoms with Gasteiger partial charge in [-0.05, 0) is 30.5 Å². The van der Waals surface area contributed by atoms with Crippen molar-refractivity contribution in [1.29, 1.82) is 0 Å². The number of nitrogens with two attached hydrogens (primary N) is 1. The fourth-order valence-corrected chi connectivity index (χ4v) is 1.89. The van der Waals surface area contributed by atoms with Crippen LogP contribution in [0.3, 0.4) is 0 Å². The van der Waals surface area contributed by atoms with Crippen LogP contribution >= 0.6 is 0 Å². The van der Waals surface area contributed by atoms with E-state index in [1.165, 1.54) is 0 Å². The average molecular weight is 275 g/mol. The zero-order chi connectivity index (χ0) is 14.7. The molecule has 0 bridgehead atoms. The molecule has 1 heterocycles. The van der Waals surface area contributed by atoms with Crippen molar-refractivity contribution in [3.63, 3.8) is 0 Å². The molecular weight excluding hydrogens is 258 g/mol. The minimum absolute atomic E-state index is 0.440. The molecule has 20 heavy (non-hydrogen) atoms. The van der Waals surface area contributed by atoms with Gasteiger partial charge in [0.15, 0.2) is 11.5 Å². The van der Waals surface area contributed by atoms with Crippen molar-refractivity contribution in [3.8, 4) is 11.5 Å². The number of benzene rings is 1. The number of amides is 1. The summed E-state index contributed by atoms with van der Waals surface area (Å²) in [5.74, 6) is 1.38. The van der Waals surface area contributed by atoms with Crippen LogP contribution in [0.4, 0.5) is 5.82 Å². The number of hydrogen-bond donors (Lipinski definition) is 2. The van der Waals surface area contributed by atoms with Crippen LogP contribution < -0.4 is 20.5 Å². The number of rotatable bonds is 5. The smallest absolute Gasteiger partial charge is 0.239 e. The minimum atomic E-state index is -0.513. The van der Waals surface area contributed by atoms with Crippen LogP contribution in [0.2, 0.25) is 0 Å². The molecule has 6 nitrogen and oxygen atoms in total. The molecule has 0 fully saturated rings. The molecule has 2 aromatic rings. The number of carbonyl (C=O) groups excluding carboxylic acids is 1. The second kappa shape index (κ2) is 5.64. The lowest BCUT2D eigenvalue weighted by Gasteiger charge is -2.14. The standard InChI is InChI=1S/C14H17N3O3/c1-8(13(15)18)17-14-10-7-12(20-3)11(19-2)6-9(10)4-5-16-14/h4-8H,1-3H3,(H2,15,18)(H,16,17). The Kier molecular flexibility index (Phi) is 3.93. The van der Waals surface area contributed by atoms with E-state index < -0.39 is 11.9 Å². The Morgan fingerprint density at radius 1 is 1.30 bits per heavy atom. The van der Waals surface area contributed by atoms with Crippen molar-refractivity contribution >= 4 is 22.5 Å². The molecule has 1 aromatic heterocycles. The Morgan fingerprint density at radius 3 is 2.55 bits per heavy atom. The quantitative estimate of drug-likeness (QED) is 0.864. The molecule has 1 atom stereocenters. The molecule has 0 aliphatic carbocycles. The number of pyridine rings is 1. The third-order valence-electron chi connectivity index (χ3n) is 3.05. The summed E-state index contributed by atoms with van der Waals surface area (Å²) >= 11 is 0. The Morgan fingerprint density at radius 2 is 1.95 bits per heavy atom. The van der Waals surface area contributed by atoms with Gasteiger partial charge in [-0.2, -0.15) is 0 Å². The summed E-state index contributed by atoms with van der Waals surface area (Å²) in [4.78, 5) is 15.4. The van der Waals surface area contributed by atoms with Gasteiger partial charge in [-0.15, -0.1) is 0 Å². The van der Waals surface area contributed by atoms with E-state index in [0.29, 0.717) is 17.3 Å². The zero-order valence-electron chi connectivity index (χ0n) is 11.6. The predicted molar refractivity (Wildman–Crippen MR) is 77.1 cm³/mol. The van der Waals surface area contributed by atoms with Gasteiger partial charge in [0, 0.05) is 11.6 Å². The highest BCUT2D eigenvalue weighted by molar-refractivity contribution is 5.95. The number of carbonyl (C=O) groups is 1. The van der Waals surface area contributed by atoms with Gasteiger partial charge < -0.3 is 20.5 Å². The maximum atomic E-state index is 11.2. The van der Waals surface area contributed by atoms with Crippen LogP contribution in [0.25, 0.3) is 10.8 Å². The number of anilines is 1. The van der Waals surface area contributed by atoms with Crippen LogP contribution in [-0.4, -0.2) is 31.2 Å². The summed E-state index contributed by atoms with van der Waals surface area (Å²) in [5, 5.41) is 4.75. The number of nitrogens with one attached hydrogen (secondary N) is 1. The van der Waals surface area contributed by atoms with Gasteiger partial charge in [0.25, 0.3) is 0 Å². The predicted octanol–water partition coefficient (Wildman–Crippen LogP) is 1.54. The van der Waals surface area contributed by atoms with Crippen LogP contribution in [0.15, 0.2) is 24.4 Å². The van der Waals surface area contributed by atoms with E-state index in [9.17, 15) is 4.79 Å². The molecule has 0 saturated heterocycles. The highest BCUT2D eigenvalue weighted by Gasteiger charge is 2.13. The molecule has 0 radical (unpaired) electrons. The van der Waals surface area contributed by atoms with Crippen LogP contribution in [-0.2, 0) is 4.79 Å². The Hall–Kier alpha value is -2.50. The third-order valence-corrected chi connectivity index (χ3v) is 3.05. The van der Waals surface area contributed by atoms with E-state index in [-0.39, 0.29) is 0 Å². The number of aromatic nitrogens is 1. The van der Waals surface area contributed by atoms with Gasteiger partial charge in [0.2, 0.25) is 5.91 Å². The average Bonchev–Trinajstić information content (AvgIpc) is 2.45. The molecule has 3 N–H and O–H groups in total. The summed E-state index contributed by atoms with van der Waals surface area (Å²) < 4.78 is 10.5. The molecule has 6 heteroatoms. The van der Waals surface area contributed by atoms with E-state index in [0.717, 1.165) is 10.8 Å². The van der Waals surface area contributed by atoms with E-state index >= 15 is 0 Å². The maximum absolute atomic E-state index is 11.2. The molecule has 106 valence electrons. The zero-order valence-corrected chi connectivity index (χ0v) is 11.6. The SMILES string of the molecule is COc1cc2ccnc(NC(C)C(N)=O)c2cc1OC. The first-order chi connectivity index (χ1) is 9.56. The minimum Gasteiger partial charge on any atom is -0.493 e. The molecule has 0 aliphatic rings. The van der Waals surface area contributed by atoms with E-state index in [1.54, 1.807) is 27.3 Å². The summed E-state index contributed by atoms with van der Waals surface area (Å²) in [7, 11) is 3.15. The van der Waals surface area contributed by atoms with Crippen molar-refractivity contribution in [2.24, 2.45) is 5.73 Å². The second-order valence-corrected chi connectivity index (χ2v) is 4.36. The van der Waals surface area contributed by atoms with Crippen LogP contribution in [0.5, 0.6) is 11.5 Å². The van der Waals surface area contributed by atoms with Crippen molar-refractivity contribution in [3.05, 3.63) is 24.4 Å². The molecule has 1 amide bonds. The van der Waals surface area contributed by atoms with Crippen LogP contribution in [0, 0.1) is 0 Å². The van der Waals surface area contributed by atoms with E-state index in [4.69, 9.17) is 15.2 Å².